The molecule has 4 heterocycles. The van der Waals surface area contributed by atoms with Crippen LogP contribution in [-0.4, -0.2) is 62.7 Å². The molecule has 2 saturated heterocycles. The van der Waals surface area contributed by atoms with Gasteiger partial charge in [-0.25, -0.2) is 0 Å². The number of carbonyl (C=O) groups excluding carboxylic acids is 1. The van der Waals surface area contributed by atoms with E-state index in [1.165, 1.54) is 0 Å². The Bertz CT molecular complexity index is 1030. The van der Waals surface area contributed by atoms with E-state index in [9.17, 15) is 4.79 Å². The summed E-state index contributed by atoms with van der Waals surface area (Å²) >= 11 is 0. The highest BCUT2D eigenvalue weighted by molar-refractivity contribution is 5.88. The number of carbonyl (C=O) groups is 1. The topological polar surface area (TPSA) is 54.3 Å². The van der Waals surface area contributed by atoms with Crippen LogP contribution in [0, 0.1) is 0 Å². The number of likely N-dealkylation sites (tertiary alicyclic amines) is 1. The van der Waals surface area contributed by atoms with E-state index in [2.05, 4.69) is 51.2 Å². The third kappa shape index (κ3) is 3.07. The summed E-state index contributed by atoms with van der Waals surface area (Å²) < 4.78 is 1.81. The summed E-state index contributed by atoms with van der Waals surface area (Å²) in [6, 6.07) is 9.12. The van der Waals surface area contributed by atoms with Gasteiger partial charge < -0.3 is 9.80 Å². The number of pyridine rings is 1. The van der Waals surface area contributed by atoms with Gasteiger partial charge in [-0.15, -0.1) is 0 Å². The highest BCUT2D eigenvalue weighted by Gasteiger charge is 2.41. The Morgan fingerprint density at radius 1 is 1.04 bits per heavy atom. The molecule has 2 aromatic heterocycles. The van der Waals surface area contributed by atoms with Crippen LogP contribution in [-0.2, 0) is 18.3 Å². The van der Waals surface area contributed by atoms with Gasteiger partial charge in [0, 0.05) is 55.6 Å². The van der Waals surface area contributed by atoms with Crippen LogP contribution >= 0.6 is 0 Å². The number of nitrogens with zero attached hydrogens (tertiary/aromatic N) is 5. The lowest BCUT2D eigenvalue weighted by molar-refractivity contribution is -0.135. The van der Waals surface area contributed by atoms with Crippen LogP contribution in [0.2, 0.25) is 0 Å². The number of likely N-dealkylation sites (N-methyl/N-ethyl adjacent to an activating group) is 1. The van der Waals surface area contributed by atoms with Crippen molar-refractivity contribution in [2.75, 3.05) is 20.1 Å². The average molecular weight is 375 g/mol. The first-order chi connectivity index (χ1) is 13.6. The fourth-order valence-corrected chi connectivity index (χ4v) is 4.80. The van der Waals surface area contributed by atoms with Crippen molar-refractivity contribution < 1.29 is 4.79 Å². The molecule has 2 aliphatic heterocycles. The smallest absolute Gasteiger partial charge is 0.229 e. The summed E-state index contributed by atoms with van der Waals surface area (Å²) in [6.45, 7) is 1.98. The number of piperazine rings is 1. The number of aryl methyl sites for hydroxylation is 1. The van der Waals surface area contributed by atoms with Crippen molar-refractivity contribution in [2.24, 2.45) is 7.05 Å². The van der Waals surface area contributed by atoms with Crippen molar-refractivity contribution >= 4 is 16.7 Å². The highest BCUT2D eigenvalue weighted by Crippen LogP contribution is 2.30. The van der Waals surface area contributed by atoms with E-state index in [1.54, 1.807) is 4.68 Å². The minimum absolute atomic E-state index is 0.218. The summed E-state index contributed by atoms with van der Waals surface area (Å²) in [5, 5.41) is 6.46. The molecule has 0 radical (unpaired) electrons. The quantitative estimate of drug-likeness (QED) is 0.706. The van der Waals surface area contributed by atoms with Crippen LogP contribution in [0.1, 0.15) is 18.5 Å². The molecular weight excluding hydrogens is 350 g/mol. The van der Waals surface area contributed by atoms with Crippen molar-refractivity contribution in [1.82, 2.24) is 24.6 Å². The maximum absolute atomic E-state index is 13.0. The first-order valence-electron chi connectivity index (χ1n) is 9.94. The molecule has 6 heteroatoms. The molecule has 3 aromatic rings. The van der Waals surface area contributed by atoms with Crippen molar-refractivity contribution in [3.05, 3.63) is 48.5 Å². The van der Waals surface area contributed by atoms with Gasteiger partial charge in [0.15, 0.2) is 0 Å². The van der Waals surface area contributed by atoms with Crippen LogP contribution in [0.3, 0.4) is 0 Å². The molecule has 0 aliphatic carbocycles. The van der Waals surface area contributed by atoms with Crippen molar-refractivity contribution in [3.63, 3.8) is 0 Å². The fraction of sp³-hybridized carbons (Fsp3) is 0.409. The second-order valence-corrected chi connectivity index (χ2v) is 8.22. The SMILES string of the molecule is CN1CC2CCC(C1)N2C(=O)Cc1cc2cc(-c3cnn(C)c3)ccc2cn1. The van der Waals surface area contributed by atoms with Gasteiger partial charge in [0.2, 0.25) is 5.91 Å². The number of rotatable bonds is 3. The maximum Gasteiger partial charge on any atom is 0.229 e. The summed E-state index contributed by atoms with van der Waals surface area (Å²) in [7, 11) is 4.07. The number of amides is 1. The van der Waals surface area contributed by atoms with Crippen LogP contribution in [0.25, 0.3) is 21.9 Å². The Morgan fingerprint density at radius 2 is 1.82 bits per heavy atom. The third-order valence-corrected chi connectivity index (χ3v) is 6.10. The van der Waals surface area contributed by atoms with Gasteiger partial charge in [0.05, 0.1) is 18.3 Å². The van der Waals surface area contributed by atoms with Crippen molar-refractivity contribution in [1.29, 1.82) is 0 Å². The Hall–Kier alpha value is -2.73. The van der Waals surface area contributed by atoms with E-state index >= 15 is 0 Å². The van der Waals surface area contributed by atoms with E-state index in [4.69, 9.17) is 0 Å². The number of aromatic nitrogens is 3. The Labute approximate surface area is 164 Å². The zero-order chi connectivity index (χ0) is 19.3. The van der Waals surface area contributed by atoms with Gasteiger partial charge in [-0.1, -0.05) is 12.1 Å². The van der Waals surface area contributed by atoms with Crippen LogP contribution in [0.15, 0.2) is 42.9 Å². The van der Waals surface area contributed by atoms with Crippen LogP contribution in [0.5, 0.6) is 0 Å². The summed E-state index contributed by atoms with van der Waals surface area (Å²) in [6.07, 6.45) is 8.39. The summed E-state index contributed by atoms with van der Waals surface area (Å²) in [5.74, 6) is 0.218. The number of fused-ring (bicyclic) bond motifs is 3. The molecule has 144 valence electrons. The molecule has 5 rings (SSSR count). The van der Waals surface area contributed by atoms with Crippen molar-refractivity contribution in [3.8, 4) is 11.1 Å². The zero-order valence-electron chi connectivity index (χ0n) is 16.4. The van der Waals surface area contributed by atoms with E-state index < -0.39 is 0 Å². The molecule has 1 aromatic carbocycles. The minimum Gasteiger partial charge on any atom is -0.334 e. The normalized spacial score (nSPS) is 22.1. The maximum atomic E-state index is 13.0. The molecule has 0 spiro atoms. The second kappa shape index (κ2) is 6.71. The van der Waals surface area contributed by atoms with Gasteiger partial charge in [-0.3, -0.25) is 14.5 Å². The van der Waals surface area contributed by atoms with Gasteiger partial charge in [-0.05, 0) is 43.0 Å². The van der Waals surface area contributed by atoms with Crippen molar-refractivity contribution in [2.45, 2.75) is 31.3 Å². The molecule has 1 amide bonds. The van der Waals surface area contributed by atoms with Crippen LogP contribution in [0.4, 0.5) is 0 Å². The molecule has 2 atom stereocenters. The number of hydrogen-bond acceptors (Lipinski definition) is 4. The summed E-state index contributed by atoms with van der Waals surface area (Å²) in [5.41, 5.74) is 3.06. The molecule has 0 saturated carbocycles. The molecule has 28 heavy (non-hydrogen) atoms. The molecule has 0 N–H and O–H groups in total. The molecule has 2 unspecified atom stereocenters. The van der Waals surface area contributed by atoms with E-state index in [1.807, 2.05) is 25.6 Å². The zero-order valence-corrected chi connectivity index (χ0v) is 16.4. The largest absolute Gasteiger partial charge is 0.334 e. The lowest BCUT2D eigenvalue weighted by atomic mass is 10.0. The van der Waals surface area contributed by atoms with Gasteiger partial charge >= 0.3 is 0 Å². The second-order valence-electron chi connectivity index (χ2n) is 8.22. The third-order valence-electron chi connectivity index (χ3n) is 6.10. The Kier molecular flexibility index (Phi) is 4.16. The highest BCUT2D eigenvalue weighted by atomic mass is 16.2. The number of hydrogen-bond donors (Lipinski definition) is 0. The Morgan fingerprint density at radius 3 is 2.54 bits per heavy atom. The first kappa shape index (κ1) is 17.4. The molecular formula is C22H25N5O. The van der Waals surface area contributed by atoms with E-state index in [-0.39, 0.29) is 5.91 Å². The fourth-order valence-electron chi connectivity index (χ4n) is 4.80. The van der Waals surface area contributed by atoms with Gasteiger partial charge in [0.1, 0.15) is 0 Å². The minimum atomic E-state index is 0.218. The first-order valence-corrected chi connectivity index (χ1v) is 9.94. The predicted molar refractivity (Wildman–Crippen MR) is 109 cm³/mol. The van der Waals surface area contributed by atoms with E-state index in [0.29, 0.717) is 18.5 Å². The van der Waals surface area contributed by atoms with Gasteiger partial charge in [0.25, 0.3) is 0 Å². The molecule has 2 fully saturated rings. The Balaban J connectivity index is 1.39. The monoisotopic (exact) mass is 375 g/mol. The molecule has 2 aliphatic rings. The average Bonchev–Trinajstić information content (AvgIpc) is 3.22. The number of benzene rings is 1. The van der Waals surface area contributed by atoms with Crippen LogP contribution < -0.4 is 0 Å². The predicted octanol–water partition coefficient (Wildman–Crippen LogP) is 2.48. The van der Waals surface area contributed by atoms with Gasteiger partial charge in [-0.2, -0.15) is 5.10 Å². The molecule has 6 nitrogen and oxygen atoms in total. The standard InChI is InChI=1S/C22H25N5O/c1-25-13-20-5-6-21(14-25)27(20)22(28)9-19-8-17-7-15(3-4-16(17)10-23-19)18-11-24-26(2)12-18/h3-4,7-8,10-12,20-21H,5-6,9,13-14H2,1-2H3. The summed E-state index contributed by atoms with van der Waals surface area (Å²) in [4.78, 5) is 22.1. The lowest BCUT2D eigenvalue weighted by Crippen LogP contribution is -2.55. The lowest BCUT2D eigenvalue weighted by Gasteiger charge is -2.39. The van der Waals surface area contributed by atoms with E-state index in [0.717, 1.165) is 53.5 Å². The molecule has 2 bridgehead atoms.